The molecular formula is C16H27ClN4O2. The lowest BCUT2D eigenvalue weighted by atomic mass is 9.78. The monoisotopic (exact) mass is 342 g/mol. The fourth-order valence-electron chi connectivity index (χ4n) is 3.43. The lowest BCUT2D eigenvalue weighted by molar-refractivity contribution is -0.133. The Morgan fingerprint density at radius 2 is 2.09 bits per heavy atom. The third kappa shape index (κ3) is 4.23. The van der Waals surface area contributed by atoms with Crippen molar-refractivity contribution >= 4 is 18.3 Å². The van der Waals surface area contributed by atoms with Crippen LogP contribution in [0.25, 0.3) is 0 Å². The van der Waals surface area contributed by atoms with E-state index in [0.29, 0.717) is 24.1 Å². The van der Waals surface area contributed by atoms with Crippen LogP contribution in [0.4, 0.5) is 0 Å². The fourth-order valence-corrected chi connectivity index (χ4v) is 3.43. The molecule has 1 aromatic rings. The van der Waals surface area contributed by atoms with Gasteiger partial charge in [-0.2, -0.15) is 4.98 Å². The Kier molecular flexibility index (Phi) is 6.03. The van der Waals surface area contributed by atoms with Crippen LogP contribution in [0.5, 0.6) is 0 Å². The van der Waals surface area contributed by atoms with Gasteiger partial charge in [0.05, 0.1) is 0 Å². The summed E-state index contributed by atoms with van der Waals surface area (Å²) in [7, 11) is 0. The number of hydrogen-bond donors (Lipinski definition) is 1. The average Bonchev–Trinajstić information content (AvgIpc) is 3.15. The summed E-state index contributed by atoms with van der Waals surface area (Å²) in [5, 5.41) is 7.39. The van der Waals surface area contributed by atoms with Crippen LogP contribution in [-0.4, -0.2) is 47.1 Å². The van der Waals surface area contributed by atoms with E-state index in [4.69, 9.17) is 4.52 Å². The molecule has 1 amide bonds. The predicted octanol–water partition coefficient (Wildman–Crippen LogP) is 2.15. The Hall–Kier alpha value is -1.14. The highest BCUT2D eigenvalue weighted by molar-refractivity contribution is 5.85. The first kappa shape index (κ1) is 18.2. The second kappa shape index (κ2) is 7.62. The van der Waals surface area contributed by atoms with Gasteiger partial charge in [0.2, 0.25) is 11.8 Å². The molecule has 0 atom stereocenters. The first-order chi connectivity index (χ1) is 10.6. The van der Waals surface area contributed by atoms with Gasteiger partial charge in [0.25, 0.3) is 0 Å². The number of hydrogen-bond acceptors (Lipinski definition) is 5. The zero-order valence-electron chi connectivity index (χ0n) is 14.0. The summed E-state index contributed by atoms with van der Waals surface area (Å²) in [6, 6.07) is 0. The van der Waals surface area contributed by atoms with E-state index in [-0.39, 0.29) is 24.2 Å². The summed E-state index contributed by atoms with van der Waals surface area (Å²) >= 11 is 0. The smallest absolute Gasteiger partial charge is 0.227 e. The number of amides is 1. The molecule has 23 heavy (non-hydrogen) atoms. The minimum Gasteiger partial charge on any atom is -0.343 e. The summed E-state index contributed by atoms with van der Waals surface area (Å²) in [5.41, 5.74) is 0.454. The number of piperidine rings is 1. The van der Waals surface area contributed by atoms with E-state index in [0.717, 1.165) is 44.8 Å². The summed E-state index contributed by atoms with van der Waals surface area (Å²) in [5.74, 6) is 1.76. The van der Waals surface area contributed by atoms with E-state index >= 15 is 0 Å². The van der Waals surface area contributed by atoms with Gasteiger partial charge >= 0.3 is 0 Å². The molecule has 2 saturated heterocycles. The maximum atomic E-state index is 12.3. The van der Waals surface area contributed by atoms with Gasteiger partial charge in [-0.15, -0.1) is 12.4 Å². The summed E-state index contributed by atoms with van der Waals surface area (Å²) < 4.78 is 5.20. The second-order valence-electron chi connectivity index (χ2n) is 7.01. The number of aryl methyl sites for hydroxylation is 1. The molecule has 0 bridgehead atoms. The maximum absolute atomic E-state index is 12.3. The van der Waals surface area contributed by atoms with E-state index in [1.165, 1.54) is 6.42 Å². The van der Waals surface area contributed by atoms with Crippen molar-refractivity contribution in [3.8, 4) is 0 Å². The standard InChI is InChI=1S/C16H26N4O2.ClH/c1-12(2)15-18-13(22-19-15)3-4-14(21)20-9-6-16(7-10-20)5-8-17-11-16;/h12,17H,3-11H2,1-2H3;1H. The Balaban J connectivity index is 0.00000192. The number of carbonyl (C=O) groups excluding carboxylic acids is 1. The van der Waals surface area contributed by atoms with Crippen molar-refractivity contribution in [1.29, 1.82) is 0 Å². The number of nitrogens with zero attached hydrogens (tertiary/aromatic N) is 3. The first-order valence-electron chi connectivity index (χ1n) is 8.39. The van der Waals surface area contributed by atoms with Crippen molar-refractivity contribution in [2.24, 2.45) is 5.41 Å². The largest absolute Gasteiger partial charge is 0.343 e. The van der Waals surface area contributed by atoms with Crippen molar-refractivity contribution in [3.05, 3.63) is 11.7 Å². The molecule has 1 spiro atoms. The fraction of sp³-hybridized carbons (Fsp3) is 0.812. The topological polar surface area (TPSA) is 71.3 Å². The number of nitrogens with one attached hydrogen (secondary N) is 1. The minimum absolute atomic E-state index is 0. The normalized spacial score (nSPS) is 20.0. The molecule has 0 aliphatic carbocycles. The van der Waals surface area contributed by atoms with Gasteiger partial charge in [-0.3, -0.25) is 4.79 Å². The molecule has 3 rings (SSSR count). The third-order valence-corrected chi connectivity index (χ3v) is 5.06. The Morgan fingerprint density at radius 1 is 1.35 bits per heavy atom. The number of aromatic nitrogens is 2. The molecule has 130 valence electrons. The molecule has 1 N–H and O–H groups in total. The zero-order chi connectivity index (χ0) is 15.6. The molecule has 0 aromatic carbocycles. The lowest BCUT2D eigenvalue weighted by Gasteiger charge is -2.38. The van der Waals surface area contributed by atoms with Crippen molar-refractivity contribution in [3.63, 3.8) is 0 Å². The number of likely N-dealkylation sites (tertiary alicyclic amines) is 1. The van der Waals surface area contributed by atoms with Crippen molar-refractivity contribution in [2.75, 3.05) is 26.2 Å². The summed E-state index contributed by atoms with van der Waals surface area (Å²) in [6.45, 7) is 8.09. The van der Waals surface area contributed by atoms with Crippen LogP contribution in [0.15, 0.2) is 4.52 Å². The molecule has 0 radical (unpaired) electrons. The van der Waals surface area contributed by atoms with Gasteiger partial charge < -0.3 is 14.7 Å². The van der Waals surface area contributed by atoms with E-state index in [1.54, 1.807) is 0 Å². The average molecular weight is 343 g/mol. The minimum atomic E-state index is 0. The van der Waals surface area contributed by atoms with E-state index in [2.05, 4.69) is 15.5 Å². The maximum Gasteiger partial charge on any atom is 0.227 e. The van der Waals surface area contributed by atoms with Crippen LogP contribution in [0.2, 0.25) is 0 Å². The summed E-state index contributed by atoms with van der Waals surface area (Å²) in [6.07, 6.45) is 4.52. The molecule has 1 aromatic heterocycles. The highest BCUT2D eigenvalue weighted by atomic mass is 35.5. The van der Waals surface area contributed by atoms with Crippen LogP contribution in [0.1, 0.15) is 57.2 Å². The Morgan fingerprint density at radius 3 is 2.65 bits per heavy atom. The van der Waals surface area contributed by atoms with Crippen LogP contribution in [0, 0.1) is 5.41 Å². The highest BCUT2D eigenvalue weighted by Crippen LogP contribution is 2.37. The van der Waals surface area contributed by atoms with Crippen molar-refractivity contribution in [1.82, 2.24) is 20.4 Å². The SMILES string of the molecule is CC(C)c1noc(CCC(=O)N2CCC3(CCNC3)CC2)n1.Cl. The van der Waals surface area contributed by atoms with Crippen LogP contribution >= 0.6 is 12.4 Å². The predicted molar refractivity (Wildman–Crippen MR) is 89.7 cm³/mol. The number of carbonyl (C=O) groups is 1. The van der Waals surface area contributed by atoms with Crippen molar-refractivity contribution < 1.29 is 9.32 Å². The van der Waals surface area contributed by atoms with Gasteiger partial charge in [-0.05, 0) is 31.2 Å². The molecule has 2 aliphatic heterocycles. The van der Waals surface area contributed by atoms with Gasteiger partial charge in [-0.25, -0.2) is 0 Å². The zero-order valence-corrected chi connectivity index (χ0v) is 14.8. The van der Waals surface area contributed by atoms with Gasteiger partial charge in [0.15, 0.2) is 5.82 Å². The second-order valence-corrected chi connectivity index (χ2v) is 7.01. The molecule has 2 fully saturated rings. The van der Waals surface area contributed by atoms with E-state index < -0.39 is 0 Å². The lowest BCUT2D eigenvalue weighted by Crippen LogP contribution is -2.44. The van der Waals surface area contributed by atoms with Crippen molar-refractivity contribution in [2.45, 2.75) is 51.9 Å². The highest BCUT2D eigenvalue weighted by Gasteiger charge is 2.37. The van der Waals surface area contributed by atoms with E-state index in [1.807, 2.05) is 18.7 Å². The molecular weight excluding hydrogens is 316 g/mol. The van der Waals surface area contributed by atoms with Crippen LogP contribution < -0.4 is 5.32 Å². The summed E-state index contributed by atoms with van der Waals surface area (Å²) in [4.78, 5) is 18.7. The third-order valence-electron chi connectivity index (χ3n) is 5.06. The molecule has 0 unspecified atom stereocenters. The molecule has 0 saturated carbocycles. The Labute approximate surface area is 143 Å². The van der Waals surface area contributed by atoms with Crippen LogP contribution in [-0.2, 0) is 11.2 Å². The quantitative estimate of drug-likeness (QED) is 0.907. The molecule has 3 heterocycles. The number of halogens is 1. The van der Waals surface area contributed by atoms with Crippen LogP contribution in [0.3, 0.4) is 0 Å². The van der Waals surface area contributed by atoms with Gasteiger partial charge in [0.1, 0.15) is 0 Å². The van der Waals surface area contributed by atoms with Gasteiger partial charge in [-0.1, -0.05) is 19.0 Å². The molecule has 7 heteroatoms. The first-order valence-corrected chi connectivity index (χ1v) is 8.39. The Bertz CT molecular complexity index is 516. The van der Waals surface area contributed by atoms with Gasteiger partial charge in [0, 0.05) is 38.4 Å². The molecule has 6 nitrogen and oxygen atoms in total. The molecule has 2 aliphatic rings. The number of rotatable bonds is 4. The van der Waals surface area contributed by atoms with E-state index in [9.17, 15) is 4.79 Å².